The molecule has 1 amide bonds. The molecule has 1 saturated heterocycles. The monoisotopic (exact) mass is 382 g/mol. The summed E-state index contributed by atoms with van der Waals surface area (Å²) in [6.07, 6.45) is 1.15. The van der Waals surface area contributed by atoms with E-state index in [1.54, 1.807) is 26.8 Å². The Balaban J connectivity index is 2.32. The van der Waals surface area contributed by atoms with Crippen LogP contribution < -0.4 is 0 Å². The molecule has 0 spiro atoms. The van der Waals surface area contributed by atoms with Gasteiger partial charge in [0.05, 0.1) is 10.8 Å². The molecule has 1 aromatic carbocycles. The number of carbonyl (C=O) groups excluding carboxylic acids is 1. The van der Waals surface area contributed by atoms with Gasteiger partial charge in [0.15, 0.2) is 0 Å². The maximum absolute atomic E-state index is 12.9. The van der Waals surface area contributed by atoms with Gasteiger partial charge >= 0.3 is 5.97 Å². The van der Waals surface area contributed by atoms with Crippen LogP contribution in [0.15, 0.2) is 29.2 Å². The van der Waals surface area contributed by atoms with Crippen LogP contribution in [0, 0.1) is 5.92 Å². The van der Waals surface area contributed by atoms with Crippen molar-refractivity contribution in [2.45, 2.75) is 50.6 Å². The molecular weight excluding hydrogens is 356 g/mol. The quantitative estimate of drug-likeness (QED) is 0.841. The third-order valence-electron chi connectivity index (χ3n) is 5.05. The minimum Gasteiger partial charge on any atom is -0.481 e. The highest BCUT2D eigenvalue weighted by Crippen LogP contribution is 2.26. The Hall–Kier alpha value is -1.93. The highest BCUT2D eigenvalue weighted by Gasteiger charge is 2.36. The number of piperidine rings is 1. The smallest absolute Gasteiger partial charge is 0.308 e. The number of carboxylic acid groups (broad SMARTS) is 1. The van der Waals surface area contributed by atoms with Crippen molar-refractivity contribution < 1.29 is 23.1 Å². The number of carboxylic acids is 1. The number of amides is 1. The summed E-state index contributed by atoms with van der Waals surface area (Å²) in [5, 5.41) is 9.32. The third kappa shape index (κ3) is 3.91. The summed E-state index contributed by atoms with van der Waals surface area (Å²) in [5.74, 6) is -1.86. The van der Waals surface area contributed by atoms with E-state index in [0.29, 0.717) is 19.4 Å². The number of rotatable bonds is 5. The van der Waals surface area contributed by atoms with Gasteiger partial charge in [-0.25, -0.2) is 8.42 Å². The number of sulfonamides is 1. The molecule has 0 radical (unpaired) electrons. The van der Waals surface area contributed by atoms with E-state index in [1.807, 2.05) is 0 Å². The Morgan fingerprint density at radius 2 is 1.96 bits per heavy atom. The van der Waals surface area contributed by atoms with Gasteiger partial charge in [0, 0.05) is 31.2 Å². The first kappa shape index (κ1) is 20.4. The summed E-state index contributed by atoms with van der Waals surface area (Å²) in [4.78, 5) is 25.8. The van der Waals surface area contributed by atoms with E-state index in [2.05, 4.69) is 0 Å². The van der Waals surface area contributed by atoms with Crippen molar-refractivity contribution in [3.05, 3.63) is 29.8 Å². The first-order chi connectivity index (χ1) is 12.1. The van der Waals surface area contributed by atoms with E-state index in [4.69, 9.17) is 0 Å². The van der Waals surface area contributed by atoms with E-state index in [0.717, 1.165) is 0 Å². The molecule has 0 aromatic heterocycles. The lowest BCUT2D eigenvalue weighted by Crippen LogP contribution is -2.49. The number of benzene rings is 1. The van der Waals surface area contributed by atoms with Crippen molar-refractivity contribution in [3.8, 4) is 0 Å². The lowest BCUT2D eigenvalue weighted by Gasteiger charge is -2.37. The molecular formula is C18H26N2O5S. The van der Waals surface area contributed by atoms with Crippen LogP contribution in [0.4, 0.5) is 0 Å². The van der Waals surface area contributed by atoms with Crippen LogP contribution in [0.2, 0.25) is 0 Å². The minimum absolute atomic E-state index is 0.0546. The highest BCUT2D eigenvalue weighted by molar-refractivity contribution is 7.89. The second kappa shape index (κ2) is 7.75. The van der Waals surface area contributed by atoms with Gasteiger partial charge in [-0.2, -0.15) is 4.31 Å². The highest BCUT2D eigenvalue weighted by atomic mass is 32.2. The van der Waals surface area contributed by atoms with Crippen LogP contribution in [-0.2, 0) is 14.8 Å². The number of nitrogens with zero attached hydrogens (tertiary/aromatic N) is 2. The van der Waals surface area contributed by atoms with Gasteiger partial charge in [-0.05, 0) is 51.8 Å². The molecule has 0 unspecified atom stereocenters. The minimum atomic E-state index is -3.69. The van der Waals surface area contributed by atoms with Gasteiger partial charge in [-0.3, -0.25) is 9.59 Å². The van der Waals surface area contributed by atoms with E-state index in [-0.39, 0.29) is 22.4 Å². The van der Waals surface area contributed by atoms with E-state index in [9.17, 15) is 23.1 Å². The molecule has 1 aromatic rings. The molecule has 7 nitrogen and oxygen atoms in total. The fourth-order valence-electron chi connectivity index (χ4n) is 3.16. The normalized spacial score (nSPS) is 21.2. The van der Waals surface area contributed by atoms with Gasteiger partial charge in [-0.15, -0.1) is 0 Å². The lowest BCUT2D eigenvalue weighted by atomic mass is 9.90. The molecule has 1 N–H and O–H groups in total. The second-order valence-electron chi connectivity index (χ2n) is 6.97. The van der Waals surface area contributed by atoms with Crippen LogP contribution >= 0.6 is 0 Å². The van der Waals surface area contributed by atoms with Crippen molar-refractivity contribution >= 4 is 21.9 Å². The molecule has 0 aliphatic carbocycles. The predicted molar refractivity (Wildman–Crippen MR) is 97.4 cm³/mol. The SMILES string of the molecule is CC(C)N(C)S(=O)(=O)c1cccc(C(=O)N2CCC[C@H](C(=O)O)[C@@H]2C)c1. The van der Waals surface area contributed by atoms with Gasteiger partial charge < -0.3 is 10.0 Å². The molecule has 144 valence electrons. The average Bonchev–Trinajstić information content (AvgIpc) is 2.60. The Kier molecular flexibility index (Phi) is 6.08. The van der Waals surface area contributed by atoms with Crippen LogP contribution in [0.25, 0.3) is 0 Å². The fraction of sp³-hybridized carbons (Fsp3) is 0.556. The summed E-state index contributed by atoms with van der Waals surface area (Å²) >= 11 is 0. The number of aliphatic carboxylic acids is 1. The third-order valence-corrected chi connectivity index (χ3v) is 7.08. The summed E-state index contributed by atoms with van der Waals surface area (Å²) in [5.41, 5.74) is 0.251. The van der Waals surface area contributed by atoms with Gasteiger partial charge in [0.25, 0.3) is 5.91 Å². The van der Waals surface area contributed by atoms with Crippen LogP contribution in [-0.4, -0.2) is 60.3 Å². The van der Waals surface area contributed by atoms with Crippen molar-refractivity contribution in [2.75, 3.05) is 13.6 Å². The molecule has 2 rings (SSSR count). The van der Waals surface area contributed by atoms with Gasteiger partial charge in [0.1, 0.15) is 0 Å². The molecule has 0 saturated carbocycles. The summed E-state index contributed by atoms with van der Waals surface area (Å²) in [6, 6.07) is 5.29. The molecule has 1 aliphatic rings. The molecule has 2 atom stereocenters. The summed E-state index contributed by atoms with van der Waals surface area (Å²) in [6.45, 7) is 5.73. The molecule has 1 heterocycles. The topological polar surface area (TPSA) is 95.0 Å². The first-order valence-electron chi connectivity index (χ1n) is 8.69. The van der Waals surface area contributed by atoms with Crippen molar-refractivity contribution in [1.29, 1.82) is 0 Å². The number of likely N-dealkylation sites (tertiary alicyclic amines) is 1. The molecule has 26 heavy (non-hydrogen) atoms. The Morgan fingerprint density at radius 1 is 1.31 bits per heavy atom. The molecule has 0 bridgehead atoms. The Morgan fingerprint density at radius 3 is 2.54 bits per heavy atom. The fourth-order valence-corrected chi connectivity index (χ4v) is 4.57. The largest absolute Gasteiger partial charge is 0.481 e. The van der Waals surface area contributed by atoms with Crippen molar-refractivity contribution in [3.63, 3.8) is 0 Å². The maximum Gasteiger partial charge on any atom is 0.308 e. The Bertz CT molecular complexity index is 791. The van der Waals surface area contributed by atoms with Crippen LogP contribution in [0.3, 0.4) is 0 Å². The van der Waals surface area contributed by atoms with E-state index >= 15 is 0 Å². The van der Waals surface area contributed by atoms with E-state index < -0.39 is 28.0 Å². The molecule has 1 aliphatic heterocycles. The van der Waals surface area contributed by atoms with Crippen molar-refractivity contribution in [1.82, 2.24) is 9.21 Å². The zero-order valence-corrected chi connectivity index (χ0v) is 16.4. The Labute approximate surface area is 154 Å². The molecule has 1 fully saturated rings. The van der Waals surface area contributed by atoms with E-state index in [1.165, 1.54) is 34.5 Å². The summed E-state index contributed by atoms with van der Waals surface area (Å²) in [7, 11) is -2.20. The lowest BCUT2D eigenvalue weighted by molar-refractivity contribution is -0.144. The van der Waals surface area contributed by atoms with Crippen LogP contribution in [0.1, 0.15) is 44.0 Å². The van der Waals surface area contributed by atoms with Gasteiger partial charge in [-0.1, -0.05) is 6.07 Å². The number of carbonyl (C=O) groups is 2. The average molecular weight is 382 g/mol. The van der Waals surface area contributed by atoms with Crippen LogP contribution in [0.5, 0.6) is 0 Å². The zero-order chi connectivity index (χ0) is 19.6. The predicted octanol–water partition coefficient (Wildman–Crippen LogP) is 2.04. The number of hydrogen-bond acceptors (Lipinski definition) is 4. The zero-order valence-electron chi connectivity index (χ0n) is 15.5. The number of hydrogen-bond donors (Lipinski definition) is 1. The van der Waals surface area contributed by atoms with Gasteiger partial charge in [0.2, 0.25) is 10.0 Å². The summed E-state index contributed by atoms with van der Waals surface area (Å²) < 4.78 is 26.6. The maximum atomic E-state index is 12.9. The van der Waals surface area contributed by atoms with Crippen molar-refractivity contribution in [2.24, 2.45) is 5.92 Å². The first-order valence-corrected chi connectivity index (χ1v) is 10.1. The second-order valence-corrected chi connectivity index (χ2v) is 8.97. The molecule has 8 heteroatoms. The standard InChI is InChI=1S/C18H26N2O5S/c1-12(2)19(4)26(24,25)15-8-5-7-14(11-15)17(21)20-10-6-9-16(13(20)3)18(22)23/h5,7-8,11-13,16H,6,9-10H2,1-4H3,(H,22,23)/t13-,16-/m0/s1.